The lowest BCUT2D eigenvalue weighted by molar-refractivity contribution is 0.0962. The summed E-state index contributed by atoms with van der Waals surface area (Å²) in [6.45, 7) is 1.62. The van der Waals surface area contributed by atoms with Gasteiger partial charge in [-0.05, 0) is 34.4 Å². The SMILES string of the molecule is CC(N)C(=O)c1nnsc1Br. The minimum Gasteiger partial charge on any atom is -0.321 e. The Balaban J connectivity index is 2.93. The molecule has 1 aromatic rings. The van der Waals surface area contributed by atoms with Crippen molar-refractivity contribution in [3.05, 3.63) is 9.48 Å². The lowest BCUT2D eigenvalue weighted by Crippen LogP contribution is -2.27. The monoisotopic (exact) mass is 235 g/mol. The van der Waals surface area contributed by atoms with Gasteiger partial charge in [-0.3, -0.25) is 4.79 Å². The highest BCUT2D eigenvalue weighted by Crippen LogP contribution is 2.18. The zero-order chi connectivity index (χ0) is 8.43. The molecule has 60 valence electrons. The number of carbonyl (C=O) groups is 1. The van der Waals surface area contributed by atoms with Crippen LogP contribution < -0.4 is 5.73 Å². The fourth-order valence-electron chi connectivity index (χ4n) is 0.541. The van der Waals surface area contributed by atoms with Gasteiger partial charge in [-0.1, -0.05) is 4.49 Å². The van der Waals surface area contributed by atoms with E-state index in [2.05, 4.69) is 25.5 Å². The maximum absolute atomic E-state index is 11.2. The summed E-state index contributed by atoms with van der Waals surface area (Å²) in [6.07, 6.45) is 0. The van der Waals surface area contributed by atoms with Gasteiger partial charge in [-0.2, -0.15) is 0 Å². The minimum atomic E-state index is -0.518. The van der Waals surface area contributed by atoms with E-state index in [1.54, 1.807) is 6.92 Å². The van der Waals surface area contributed by atoms with Crippen molar-refractivity contribution in [3.63, 3.8) is 0 Å². The molecule has 0 aromatic carbocycles. The highest BCUT2D eigenvalue weighted by molar-refractivity contribution is 9.11. The van der Waals surface area contributed by atoms with Crippen LogP contribution in [0.25, 0.3) is 0 Å². The first kappa shape index (κ1) is 8.76. The van der Waals surface area contributed by atoms with Crippen LogP contribution in [0.2, 0.25) is 0 Å². The summed E-state index contributed by atoms with van der Waals surface area (Å²) in [4.78, 5) is 11.2. The predicted octanol–water partition coefficient (Wildman–Crippen LogP) is 0.830. The van der Waals surface area contributed by atoms with Gasteiger partial charge in [0.15, 0.2) is 5.69 Å². The summed E-state index contributed by atoms with van der Waals surface area (Å²) < 4.78 is 4.23. The van der Waals surface area contributed by atoms with Crippen LogP contribution in [-0.2, 0) is 0 Å². The maximum atomic E-state index is 11.2. The van der Waals surface area contributed by atoms with Crippen LogP contribution >= 0.6 is 27.5 Å². The molecular weight excluding hydrogens is 230 g/mol. The molecule has 6 heteroatoms. The third kappa shape index (κ3) is 1.82. The standard InChI is InChI=1S/C5H6BrN3OS/c1-2(7)4(10)3-5(6)11-9-8-3/h2H,7H2,1H3. The fraction of sp³-hybridized carbons (Fsp3) is 0.400. The number of nitrogens with zero attached hydrogens (tertiary/aromatic N) is 2. The number of Topliss-reactive ketones (excluding diaryl/α,β-unsaturated/α-hetero) is 1. The Kier molecular flexibility index (Phi) is 2.69. The Morgan fingerprint density at radius 1 is 1.82 bits per heavy atom. The van der Waals surface area contributed by atoms with Crippen molar-refractivity contribution in [1.82, 2.24) is 9.59 Å². The molecule has 1 atom stereocenters. The van der Waals surface area contributed by atoms with E-state index in [0.29, 0.717) is 9.48 Å². The minimum absolute atomic E-state index is 0.189. The van der Waals surface area contributed by atoms with Gasteiger partial charge in [0.2, 0.25) is 5.78 Å². The van der Waals surface area contributed by atoms with E-state index < -0.39 is 6.04 Å². The van der Waals surface area contributed by atoms with Crippen molar-refractivity contribution >= 4 is 33.2 Å². The van der Waals surface area contributed by atoms with Gasteiger partial charge < -0.3 is 5.73 Å². The second-order valence-electron chi connectivity index (χ2n) is 2.05. The molecule has 1 aromatic heterocycles. The molecule has 0 fully saturated rings. The van der Waals surface area contributed by atoms with Gasteiger partial charge in [0, 0.05) is 0 Å². The third-order valence-electron chi connectivity index (χ3n) is 1.09. The van der Waals surface area contributed by atoms with Gasteiger partial charge >= 0.3 is 0 Å². The van der Waals surface area contributed by atoms with Crippen LogP contribution in [-0.4, -0.2) is 21.4 Å². The summed E-state index contributed by atoms with van der Waals surface area (Å²) in [5, 5.41) is 3.63. The van der Waals surface area contributed by atoms with Crippen LogP contribution in [0.5, 0.6) is 0 Å². The summed E-state index contributed by atoms with van der Waals surface area (Å²) in [5.74, 6) is -0.189. The smallest absolute Gasteiger partial charge is 0.201 e. The van der Waals surface area contributed by atoms with Crippen molar-refractivity contribution < 1.29 is 4.79 Å². The molecule has 1 unspecified atom stereocenters. The fourth-order valence-corrected chi connectivity index (χ4v) is 1.43. The number of hydrogen-bond donors (Lipinski definition) is 1. The number of halogens is 1. The van der Waals surface area contributed by atoms with Gasteiger partial charge in [0.25, 0.3) is 0 Å². The number of carbonyl (C=O) groups excluding carboxylic acids is 1. The largest absolute Gasteiger partial charge is 0.321 e. The molecule has 1 rings (SSSR count). The van der Waals surface area contributed by atoms with E-state index in [1.807, 2.05) is 0 Å². The highest BCUT2D eigenvalue weighted by atomic mass is 79.9. The van der Waals surface area contributed by atoms with Crippen LogP contribution in [0.4, 0.5) is 0 Å². The van der Waals surface area contributed by atoms with E-state index in [0.717, 1.165) is 11.5 Å². The second-order valence-corrected chi connectivity index (χ2v) is 4.12. The lowest BCUT2D eigenvalue weighted by atomic mass is 10.2. The number of rotatable bonds is 2. The third-order valence-corrected chi connectivity index (χ3v) is 2.42. The number of ketones is 1. The molecule has 11 heavy (non-hydrogen) atoms. The number of hydrogen-bond acceptors (Lipinski definition) is 5. The van der Waals surface area contributed by atoms with Crippen molar-refractivity contribution in [2.45, 2.75) is 13.0 Å². The zero-order valence-electron chi connectivity index (χ0n) is 5.74. The Morgan fingerprint density at radius 2 is 2.45 bits per heavy atom. The summed E-state index contributed by atoms with van der Waals surface area (Å²) in [5.41, 5.74) is 5.69. The van der Waals surface area contributed by atoms with Gasteiger partial charge in [0.05, 0.1) is 6.04 Å². The molecule has 0 bridgehead atoms. The Morgan fingerprint density at radius 3 is 2.82 bits per heavy atom. The van der Waals surface area contributed by atoms with Gasteiger partial charge in [-0.25, -0.2) is 0 Å². The van der Waals surface area contributed by atoms with E-state index in [4.69, 9.17) is 5.73 Å². The normalized spacial score (nSPS) is 13.0. The Hall–Kier alpha value is -0.330. The van der Waals surface area contributed by atoms with Crippen LogP contribution in [0, 0.1) is 0 Å². The van der Waals surface area contributed by atoms with Crippen molar-refractivity contribution in [3.8, 4) is 0 Å². The van der Waals surface area contributed by atoms with Crippen LogP contribution in [0.3, 0.4) is 0 Å². The molecule has 0 radical (unpaired) electrons. The first-order valence-electron chi connectivity index (χ1n) is 2.90. The van der Waals surface area contributed by atoms with Crippen LogP contribution in [0.15, 0.2) is 3.79 Å². The van der Waals surface area contributed by atoms with Gasteiger partial charge in [0.1, 0.15) is 3.79 Å². The molecule has 4 nitrogen and oxygen atoms in total. The quantitative estimate of drug-likeness (QED) is 0.772. The molecule has 1 heterocycles. The lowest BCUT2D eigenvalue weighted by Gasteiger charge is -1.98. The first-order chi connectivity index (χ1) is 5.13. The van der Waals surface area contributed by atoms with Gasteiger partial charge in [-0.15, -0.1) is 5.10 Å². The Bertz CT molecular complexity index is 272. The molecule has 0 aliphatic rings. The zero-order valence-corrected chi connectivity index (χ0v) is 8.15. The summed E-state index contributed by atoms with van der Waals surface area (Å²) >= 11 is 4.28. The summed E-state index contributed by atoms with van der Waals surface area (Å²) in [6, 6.07) is -0.518. The van der Waals surface area contributed by atoms with Crippen LogP contribution in [0.1, 0.15) is 17.4 Å². The maximum Gasteiger partial charge on any atom is 0.201 e. The van der Waals surface area contributed by atoms with E-state index in [1.165, 1.54) is 0 Å². The van der Waals surface area contributed by atoms with Crippen molar-refractivity contribution in [2.75, 3.05) is 0 Å². The number of nitrogens with two attached hydrogens (primary N) is 1. The van der Waals surface area contributed by atoms with E-state index >= 15 is 0 Å². The molecule has 2 N–H and O–H groups in total. The van der Waals surface area contributed by atoms with Crippen molar-refractivity contribution in [2.24, 2.45) is 5.73 Å². The summed E-state index contributed by atoms with van der Waals surface area (Å²) in [7, 11) is 0. The molecular formula is C5H6BrN3OS. The predicted molar refractivity (Wildman–Crippen MR) is 45.6 cm³/mol. The average molecular weight is 236 g/mol. The first-order valence-corrected chi connectivity index (χ1v) is 4.47. The van der Waals surface area contributed by atoms with E-state index in [9.17, 15) is 4.79 Å². The molecule has 0 spiro atoms. The molecule has 0 saturated carbocycles. The topological polar surface area (TPSA) is 68.9 Å². The van der Waals surface area contributed by atoms with E-state index in [-0.39, 0.29) is 5.78 Å². The molecule has 0 saturated heterocycles. The average Bonchev–Trinajstić information content (AvgIpc) is 2.33. The number of aromatic nitrogens is 2. The molecule has 0 aliphatic carbocycles. The second kappa shape index (κ2) is 3.38. The molecule has 0 aliphatic heterocycles. The Labute approximate surface area is 76.1 Å². The highest BCUT2D eigenvalue weighted by Gasteiger charge is 2.17. The van der Waals surface area contributed by atoms with Crippen molar-refractivity contribution in [1.29, 1.82) is 0 Å². The molecule has 0 amide bonds.